The molecule has 0 aliphatic carbocycles. The van der Waals surface area contributed by atoms with Crippen molar-refractivity contribution < 1.29 is 9.18 Å². The molecule has 0 unspecified atom stereocenters. The first-order valence-electron chi connectivity index (χ1n) is 9.30. The summed E-state index contributed by atoms with van der Waals surface area (Å²) in [7, 11) is 0. The van der Waals surface area contributed by atoms with Crippen molar-refractivity contribution in [1.82, 2.24) is 9.80 Å². The highest BCUT2D eigenvalue weighted by atomic mass is 19.1. The average Bonchev–Trinajstić information content (AvgIpc) is 2.64. The summed E-state index contributed by atoms with van der Waals surface area (Å²) in [6.45, 7) is 3.59. The Bertz CT molecular complexity index is 753. The number of carbonyl (C=O) groups excluding carboxylic acids is 1. The Labute approximate surface area is 153 Å². The summed E-state index contributed by atoms with van der Waals surface area (Å²) in [6.07, 6.45) is 2.34. The molecule has 2 aliphatic rings. The largest absolute Gasteiger partial charge is 0.322 e. The molecular formula is C21H24FN3O. The molecule has 0 atom stereocenters. The first kappa shape index (κ1) is 17.0. The number of urea groups is 1. The third-order valence-corrected chi connectivity index (χ3v) is 5.58. The summed E-state index contributed by atoms with van der Waals surface area (Å²) in [5.41, 5.74) is 1.68. The van der Waals surface area contributed by atoms with Crippen LogP contribution in [0.3, 0.4) is 0 Å². The third kappa shape index (κ3) is 3.58. The van der Waals surface area contributed by atoms with Crippen molar-refractivity contribution in [1.29, 1.82) is 0 Å². The first-order chi connectivity index (χ1) is 12.7. The lowest BCUT2D eigenvalue weighted by Gasteiger charge is -2.47. The molecular weight excluding hydrogens is 329 g/mol. The summed E-state index contributed by atoms with van der Waals surface area (Å²) >= 11 is 0. The Morgan fingerprint density at radius 2 is 1.62 bits per heavy atom. The van der Waals surface area contributed by atoms with Gasteiger partial charge in [0.2, 0.25) is 0 Å². The molecule has 4 nitrogen and oxygen atoms in total. The van der Waals surface area contributed by atoms with E-state index >= 15 is 0 Å². The Hall–Kier alpha value is -2.40. The number of hydrogen-bond donors (Lipinski definition) is 1. The van der Waals surface area contributed by atoms with Crippen molar-refractivity contribution in [2.24, 2.45) is 0 Å². The van der Waals surface area contributed by atoms with E-state index in [-0.39, 0.29) is 11.7 Å². The number of nitrogens with zero attached hydrogens (tertiary/aromatic N) is 2. The zero-order valence-electron chi connectivity index (χ0n) is 14.8. The van der Waals surface area contributed by atoms with Crippen LogP contribution in [0, 0.1) is 5.82 Å². The van der Waals surface area contributed by atoms with Crippen LogP contribution in [0.5, 0.6) is 0 Å². The molecule has 4 rings (SSSR count). The van der Waals surface area contributed by atoms with Gasteiger partial charge in [0, 0.05) is 19.1 Å². The van der Waals surface area contributed by atoms with Gasteiger partial charge < -0.3 is 10.2 Å². The highest BCUT2D eigenvalue weighted by molar-refractivity contribution is 5.90. The van der Waals surface area contributed by atoms with E-state index in [1.54, 1.807) is 23.1 Å². The molecule has 0 bridgehead atoms. The molecule has 0 radical (unpaired) electrons. The molecule has 2 fully saturated rings. The van der Waals surface area contributed by atoms with Crippen molar-refractivity contribution in [3.05, 3.63) is 66.0 Å². The van der Waals surface area contributed by atoms with Gasteiger partial charge in [0.1, 0.15) is 5.82 Å². The molecule has 2 aromatic carbocycles. The van der Waals surface area contributed by atoms with E-state index in [9.17, 15) is 9.18 Å². The fourth-order valence-electron chi connectivity index (χ4n) is 3.93. The summed E-state index contributed by atoms with van der Waals surface area (Å²) in [5.74, 6) is 0.244. The van der Waals surface area contributed by atoms with Crippen molar-refractivity contribution in [3.63, 3.8) is 0 Å². The van der Waals surface area contributed by atoms with E-state index in [0.29, 0.717) is 12.0 Å². The van der Waals surface area contributed by atoms with E-state index in [2.05, 4.69) is 40.5 Å². The van der Waals surface area contributed by atoms with E-state index in [4.69, 9.17) is 0 Å². The molecule has 2 aliphatic heterocycles. The Balaban J connectivity index is 1.24. The van der Waals surface area contributed by atoms with Crippen LogP contribution in [0.1, 0.15) is 24.3 Å². The Morgan fingerprint density at radius 1 is 0.962 bits per heavy atom. The van der Waals surface area contributed by atoms with Crippen LogP contribution in [-0.2, 0) is 0 Å². The van der Waals surface area contributed by atoms with Gasteiger partial charge in [0.25, 0.3) is 0 Å². The molecule has 26 heavy (non-hydrogen) atoms. The minimum absolute atomic E-state index is 0.217. The number of hydrogen-bond acceptors (Lipinski definition) is 2. The van der Waals surface area contributed by atoms with Crippen LogP contribution in [0.4, 0.5) is 14.9 Å². The van der Waals surface area contributed by atoms with Gasteiger partial charge in [-0.05, 0) is 49.5 Å². The fraction of sp³-hybridized carbons (Fsp3) is 0.381. The van der Waals surface area contributed by atoms with Gasteiger partial charge in [0.05, 0.1) is 5.69 Å². The lowest BCUT2D eigenvalue weighted by Crippen LogP contribution is -2.62. The molecule has 1 N–H and O–H groups in total. The zero-order chi connectivity index (χ0) is 17.9. The van der Waals surface area contributed by atoms with Gasteiger partial charge in [-0.25, -0.2) is 9.18 Å². The highest BCUT2D eigenvalue weighted by Gasteiger charge is 2.36. The molecule has 136 valence electrons. The number of para-hydroxylation sites is 1. The molecule has 0 saturated carbocycles. The summed E-state index contributed by atoms with van der Waals surface area (Å²) in [6, 6.07) is 17.2. The van der Waals surface area contributed by atoms with Gasteiger partial charge in [-0.15, -0.1) is 0 Å². The smallest absolute Gasteiger partial charge is 0.321 e. The molecule has 5 heteroatoms. The number of rotatable bonds is 3. The van der Waals surface area contributed by atoms with Crippen molar-refractivity contribution in [2.45, 2.75) is 24.8 Å². The van der Waals surface area contributed by atoms with Gasteiger partial charge in [-0.2, -0.15) is 0 Å². The number of piperidine rings is 1. The molecule has 2 heterocycles. The number of carbonyl (C=O) groups is 1. The number of halogens is 1. The Kier molecular flexibility index (Phi) is 4.89. The molecule has 2 saturated heterocycles. The van der Waals surface area contributed by atoms with E-state index in [1.807, 2.05) is 0 Å². The van der Waals surface area contributed by atoms with Gasteiger partial charge in [-0.3, -0.25) is 4.90 Å². The molecule has 2 amide bonds. The lowest BCUT2D eigenvalue weighted by molar-refractivity contribution is 0.0453. The van der Waals surface area contributed by atoms with Crippen molar-refractivity contribution in [3.8, 4) is 0 Å². The topological polar surface area (TPSA) is 35.6 Å². The minimum Gasteiger partial charge on any atom is -0.321 e. The zero-order valence-corrected chi connectivity index (χ0v) is 14.8. The summed E-state index contributed by atoms with van der Waals surface area (Å²) in [4.78, 5) is 16.5. The second kappa shape index (κ2) is 7.46. The van der Waals surface area contributed by atoms with Crippen molar-refractivity contribution in [2.75, 3.05) is 31.5 Å². The molecule has 0 aromatic heterocycles. The van der Waals surface area contributed by atoms with Crippen LogP contribution in [0.15, 0.2) is 54.6 Å². The standard InChI is InChI=1S/C21H24FN3O/c22-19-8-4-5-9-20(19)23-21(26)25-14-18(15-25)24-12-10-17(11-13-24)16-6-2-1-3-7-16/h1-9,17-18H,10-15H2,(H,23,26). The SMILES string of the molecule is O=C(Nc1ccccc1F)N1CC(N2CCC(c3ccccc3)CC2)C1. The number of anilines is 1. The quantitative estimate of drug-likeness (QED) is 0.908. The van der Waals surface area contributed by atoms with Crippen LogP contribution in [0.2, 0.25) is 0 Å². The second-order valence-electron chi connectivity index (χ2n) is 7.19. The summed E-state index contributed by atoms with van der Waals surface area (Å²) in [5, 5.41) is 2.66. The second-order valence-corrected chi connectivity index (χ2v) is 7.19. The Morgan fingerprint density at radius 3 is 2.31 bits per heavy atom. The third-order valence-electron chi connectivity index (χ3n) is 5.58. The predicted octanol–water partition coefficient (Wildman–Crippen LogP) is 3.92. The van der Waals surface area contributed by atoms with Gasteiger partial charge >= 0.3 is 6.03 Å². The predicted molar refractivity (Wildman–Crippen MR) is 101 cm³/mol. The van der Waals surface area contributed by atoms with Crippen LogP contribution in [-0.4, -0.2) is 48.1 Å². The van der Waals surface area contributed by atoms with Crippen molar-refractivity contribution >= 4 is 11.7 Å². The van der Waals surface area contributed by atoms with Crippen LogP contribution >= 0.6 is 0 Å². The molecule has 2 aromatic rings. The fourth-order valence-corrected chi connectivity index (χ4v) is 3.93. The van der Waals surface area contributed by atoms with Gasteiger partial charge in [0.15, 0.2) is 0 Å². The number of benzene rings is 2. The van der Waals surface area contributed by atoms with E-state index in [0.717, 1.165) is 26.2 Å². The maximum atomic E-state index is 13.6. The lowest BCUT2D eigenvalue weighted by atomic mass is 9.88. The van der Waals surface area contributed by atoms with Crippen LogP contribution in [0.25, 0.3) is 0 Å². The summed E-state index contributed by atoms with van der Waals surface area (Å²) < 4.78 is 13.6. The van der Waals surface area contributed by atoms with E-state index in [1.165, 1.54) is 24.5 Å². The minimum atomic E-state index is -0.402. The average molecular weight is 353 g/mol. The highest BCUT2D eigenvalue weighted by Crippen LogP contribution is 2.30. The molecule has 0 spiro atoms. The van der Waals surface area contributed by atoms with Gasteiger partial charge in [-0.1, -0.05) is 42.5 Å². The monoisotopic (exact) mass is 353 g/mol. The van der Waals surface area contributed by atoms with Crippen LogP contribution < -0.4 is 5.32 Å². The van der Waals surface area contributed by atoms with E-state index < -0.39 is 5.82 Å². The number of amides is 2. The first-order valence-corrected chi connectivity index (χ1v) is 9.30. The maximum absolute atomic E-state index is 13.6. The number of nitrogens with one attached hydrogen (secondary N) is 1. The maximum Gasteiger partial charge on any atom is 0.322 e. The number of likely N-dealkylation sites (tertiary alicyclic amines) is 2. The normalized spacial score (nSPS) is 19.2.